The van der Waals surface area contributed by atoms with Crippen LogP contribution in [-0.2, 0) is 6.42 Å². The van der Waals surface area contributed by atoms with Gasteiger partial charge in [0.1, 0.15) is 0 Å². The summed E-state index contributed by atoms with van der Waals surface area (Å²) in [5, 5.41) is 10.7. The molecule has 0 radical (unpaired) electrons. The molecule has 0 fully saturated rings. The quantitative estimate of drug-likeness (QED) is 0.178. The molecule has 0 bridgehead atoms. The molecule has 7 heteroatoms. The first kappa shape index (κ1) is 21.7. The Morgan fingerprint density at radius 2 is 1.61 bits per heavy atom. The second kappa shape index (κ2) is 11.3. The lowest BCUT2D eigenvalue weighted by molar-refractivity contribution is 0.0954. The van der Waals surface area contributed by atoms with Crippen LogP contribution in [0, 0.1) is 0 Å². The summed E-state index contributed by atoms with van der Waals surface area (Å²) in [7, 11) is 1.74. The van der Waals surface area contributed by atoms with E-state index >= 15 is 0 Å². The van der Waals surface area contributed by atoms with Crippen LogP contribution in [0.5, 0.6) is 0 Å². The molecule has 0 aliphatic heterocycles. The largest absolute Gasteiger partial charge is 0.361 e. The molecule has 0 aliphatic rings. The third-order valence-electron chi connectivity index (χ3n) is 4.32. The highest BCUT2D eigenvalue weighted by atomic mass is 127. The molecule has 3 rings (SSSR count). The number of benzene rings is 2. The van der Waals surface area contributed by atoms with E-state index in [0.717, 1.165) is 24.4 Å². The highest BCUT2D eigenvalue weighted by molar-refractivity contribution is 14.0. The third-order valence-corrected chi connectivity index (χ3v) is 4.32. The van der Waals surface area contributed by atoms with Gasteiger partial charge in [-0.25, -0.2) is 0 Å². The first-order valence-electron chi connectivity index (χ1n) is 9.10. The number of guanidine groups is 1. The van der Waals surface area contributed by atoms with E-state index in [1.54, 1.807) is 19.2 Å². The number of para-hydroxylation sites is 1. The molecule has 0 aliphatic carbocycles. The summed E-state index contributed by atoms with van der Waals surface area (Å²) in [6.07, 6.45) is 2.96. The van der Waals surface area contributed by atoms with E-state index in [1.165, 1.54) is 10.9 Å². The number of aromatic nitrogens is 1. The van der Waals surface area contributed by atoms with E-state index in [4.69, 9.17) is 0 Å². The molecule has 0 saturated carbocycles. The van der Waals surface area contributed by atoms with Crippen molar-refractivity contribution in [3.05, 3.63) is 71.9 Å². The number of amides is 1. The van der Waals surface area contributed by atoms with E-state index in [1.807, 2.05) is 24.3 Å². The lowest BCUT2D eigenvalue weighted by Gasteiger charge is -2.12. The van der Waals surface area contributed by atoms with Crippen LogP contribution in [0.3, 0.4) is 0 Å². The average Bonchev–Trinajstić information content (AvgIpc) is 3.13. The number of hydrogen-bond acceptors (Lipinski definition) is 2. The van der Waals surface area contributed by atoms with Crippen LogP contribution in [0.1, 0.15) is 15.9 Å². The normalized spacial score (nSPS) is 11.0. The average molecular weight is 491 g/mol. The number of aliphatic imine (C=N–C) groups is 1. The zero-order valence-electron chi connectivity index (χ0n) is 15.9. The number of nitrogens with one attached hydrogen (secondary N) is 4. The van der Waals surface area contributed by atoms with Gasteiger partial charge in [-0.05, 0) is 30.2 Å². The maximum absolute atomic E-state index is 12.0. The zero-order chi connectivity index (χ0) is 18.9. The molecule has 2 aromatic carbocycles. The van der Waals surface area contributed by atoms with Crippen molar-refractivity contribution in [2.75, 3.05) is 26.7 Å². The van der Waals surface area contributed by atoms with Gasteiger partial charge in [-0.1, -0.05) is 36.4 Å². The topological polar surface area (TPSA) is 81.3 Å². The van der Waals surface area contributed by atoms with Gasteiger partial charge >= 0.3 is 0 Å². The van der Waals surface area contributed by atoms with Crippen molar-refractivity contribution in [3.8, 4) is 0 Å². The summed E-state index contributed by atoms with van der Waals surface area (Å²) < 4.78 is 0. The van der Waals surface area contributed by atoms with Crippen molar-refractivity contribution < 1.29 is 4.79 Å². The van der Waals surface area contributed by atoms with Gasteiger partial charge in [0, 0.05) is 49.3 Å². The number of nitrogens with zero attached hydrogens (tertiary/aromatic N) is 1. The third kappa shape index (κ3) is 5.98. The molecule has 1 aromatic heterocycles. The summed E-state index contributed by atoms with van der Waals surface area (Å²) in [4.78, 5) is 19.5. The number of carbonyl (C=O) groups is 1. The molecule has 1 heterocycles. The van der Waals surface area contributed by atoms with E-state index < -0.39 is 0 Å². The fraction of sp³-hybridized carbons (Fsp3) is 0.238. The van der Waals surface area contributed by atoms with E-state index in [2.05, 4.69) is 50.3 Å². The molecule has 0 unspecified atom stereocenters. The standard InChI is InChI=1S/C21H25N5O.HI/c1-22-21(25-14-13-23-20(27)16-7-3-2-4-8-16)24-12-11-17-15-26-19-10-6-5-9-18(17)19;/h2-10,15,26H,11-14H2,1H3,(H,23,27)(H2,22,24,25);1H. The number of carbonyl (C=O) groups excluding carboxylic acids is 1. The number of aromatic amines is 1. The van der Waals surface area contributed by atoms with Gasteiger partial charge in [0.15, 0.2) is 5.96 Å². The Bertz CT molecular complexity index is 907. The predicted molar refractivity (Wildman–Crippen MR) is 126 cm³/mol. The fourth-order valence-corrected chi connectivity index (χ4v) is 2.92. The second-order valence-electron chi connectivity index (χ2n) is 6.16. The van der Waals surface area contributed by atoms with Gasteiger partial charge in [-0.2, -0.15) is 0 Å². The van der Waals surface area contributed by atoms with Gasteiger partial charge in [-0.15, -0.1) is 24.0 Å². The number of rotatable bonds is 7. The number of H-pyrrole nitrogens is 1. The molecule has 0 atom stereocenters. The molecule has 28 heavy (non-hydrogen) atoms. The maximum atomic E-state index is 12.0. The minimum atomic E-state index is -0.0697. The van der Waals surface area contributed by atoms with Gasteiger partial charge in [-0.3, -0.25) is 9.79 Å². The molecule has 148 valence electrons. The van der Waals surface area contributed by atoms with E-state index in [9.17, 15) is 4.79 Å². The number of hydrogen-bond donors (Lipinski definition) is 4. The molecule has 0 spiro atoms. The maximum Gasteiger partial charge on any atom is 0.251 e. The van der Waals surface area contributed by atoms with Crippen LogP contribution in [0.2, 0.25) is 0 Å². The summed E-state index contributed by atoms with van der Waals surface area (Å²) in [5.41, 5.74) is 3.10. The molecular formula is C21H26IN5O. The highest BCUT2D eigenvalue weighted by Crippen LogP contribution is 2.17. The number of fused-ring (bicyclic) bond motifs is 1. The van der Waals surface area contributed by atoms with Crippen LogP contribution >= 0.6 is 24.0 Å². The Morgan fingerprint density at radius 3 is 2.39 bits per heavy atom. The monoisotopic (exact) mass is 491 g/mol. The lowest BCUT2D eigenvalue weighted by Crippen LogP contribution is -2.42. The van der Waals surface area contributed by atoms with Gasteiger partial charge < -0.3 is 20.9 Å². The Morgan fingerprint density at radius 1 is 0.929 bits per heavy atom. The summed E-state index contributed by atoms with van der Waals surface area (Å²) in [6, 6.07) is 17.5. The molecular weight excluding hydrogens is 465 g/mol. The highest BCUT2D eigenvalue weighted by Gasteiger charge is 2.05. The Hall–Kier alpha value is -2.55. The lowest BCUT2D eigenvalue weighted by atomic mass is 10.1. The summed E-state index contributed by atoms with van der Waals surface area (Å²) >= 11 is 0. The molecule has 1 amide bonds. The zero-order valence-corrected chi connectivity index (χ0v) is 18.2. The van der Waals surface area contributed by atoms with Crippen LogP contribution in [0.25, 0.3) is 10.9 Å². The van der Waals surface area contributed by atoms with Crippen LogP contribution in [0.4, 0.5) is 0 Å². The van der Waals surface area contributed by atoms with Crippen molar-refractivity contribution in [2.45, 2.75) is 6.42 Å². The Kier molecular flexibility index (Phi) is 8.80. The molecule has 3 aromatic rings. The predicted octanol–water partition coefficient (Wildman–Crippen LogP) is 2.92. The fourth-order valence-electron chi connectivity index (χ4n) is 2.92. The molecule has 6 nitrogen and oxygen atoms in total. The van der Waals surface area contributed by atoms with Crippen molar-refractivity contribution in [1.82, 2.24) is 20.9 Å². The molecule has 4 N–H and O–H groups in total. The van der Waals surface area contributed by atoms with Gasteiger partial charge in [0.25, 0.3) is 5.91 Å². The van der Waals surface area contributed by atoms with Crippen LogP contribution in [0.15, 0.2) is 65.8 Å². The Labute approximate surface area is 182 Å². The smallest absolute Gasteiger partial charge is 0.251 e. The van der Waals surface area contributed by atoms with Crippen LogP contribution < -0.4 is 16.0 Å². The van der Waals surface area contributed by atoms with Gasteiger partial charge in [0.05, 0.1) is 0 Å². The first-order valence-corrected chi connectivity index (χ1v) is 9.10. The molecule has 0 saturated heterocycles. The second-order valence-corrected chi connectivity index (χ2v) is 6.16. The van der Waals surface area contributed by atoms with Crippen molar-refractivity contribution >= 4 is 46.7 Å². The number of halogens is 1. The SMILES string of the molecule is CN=C(NCCNC(=O)c1ccccc1)NCCc1c[nH]c2ccccc12.I. The van der Waals surface area contributed by atoms with Gasteiger partial charge in [0.2, 0.25) is 0 Å². The van der Waals surface area contributed by atoms with Crippen molar-refractivity contribution in [2.24, 2.45) is 4.99 Å². The minimum absolute atomic E-state index is 0. The van der Waals surface area contributed by atoms with Crippen LogP contribution in [-0.4, -0.2) is 43.5 Å². The van der Waals surface area contributed by atoms with Crippen molar-refractivity contribution in [1.29, 1.82) is 0 Å². The van der Waals surface area contributed by atoms with Crippen molar-refractivity contribution in [3.63, 3.8) is 0 Å². The van der Waals surface area contributed by atoms with E-state index in [0.29, 0.717) is 18.7 Å². The Balaban J connectivity index is 0.00000280. The minimum Gasteiger partial charge on any atom is -0.361 e. The van der Waals surface area contributed by atoms with E-state index in [-0.39, 0.29) is 29.9 Å². The summed E-state index contributed by atoms with van der Waals surface area (Å²) in [6.45, 7) is 1.90. The first-order chi connectivity index (χ1) is 13.3. The summed E-state index contributed by atoms with van der Waals surface area (Å²) in [5.74, 6) is 0.656.